The second-order valence-corrected chi connectivity index (χ2v) is 4.68. The summed E-state index contributed by atoms with van der Waals surface area (Å²) in [5.41, 5.74) is 6.96. The van der Waals surface area contributed by atoms with Crippen molar-refractivity contribution in [2.75, 3.05) is 0 Å². The third kappa shape index (κ3) is 2.76. The van der Waals surface area contributed by atoms with Gasteiger partial charge >= 0.3 is 0 Å². The van der Waals surface area contributed by atoms with Crippen LogP contribution in [-0.4, -0.2) is 9.97 Å². The van der Waals surface area contributed by atoms with E-state index in [1.165, 1.54) is 11.1 Å². The van der Waals surface area contributed by atoms with E-state index in [1.54, 1.807) is 0 Å². The van der Waals surface area contributed by atoms with Crippen molar-refractivity contribution in [3.8, 4) is 11.1 Å². The molecule has 2 rings (SSSR count). The number of aryl methyl sites for hydroxylation is 4. The quantitative estimate of drug-likeness (QED) is 0.813. The van der Waals surface area contributed by atoms with Crippen molar-refractivity contribution in [1.82, 2.24) is 9.97 Å². The van der Waals surface area contributed by atoms with Crippen LogP contribution in [0, 0.1) is 13.8 Å². The van der Waals surface area contributed by atoms with Crippen molar-refractivity contribution in [3.63, 3.8) is 0 Å². The molecule has 0 fully saturated rings. The van der Waals surface area contributed by atoms with Gasteiger partial charge in [-0.1, -0.05) is 13.8 Å². The van der Waals surface area contributed by atoms with Gasteiger partial charge in [0.15, 0.2) is 0 Å². The molecule has 0 N–H and O–H groups in total. The fourth-order valence-electron chi connectivity index (χ4n) is 2.18. The second-order valence-electron chi connectivity index (χ2n) is 4.68. The molecule has 0 radical (unpaired) electrons. The van der Waals surface area contributed by atoms with Crippen molar-refractivity contribution in [3.05, 3.63) is 47.0 Å². The average molecular weight is 240 g/mol. The molecule has 0 saturated heterocycles. The van der Waals surface area contributed by atoms with Gasteiger partial charge in [0.25, 0.3) is 0 Å². The molecule has 2 aromatic heterocycles. The Labute approximate surface area is 109 Å². The molecule has 2 aromatic rings. The SMILES string of the molecule is CCc1cc(-c2cc(C)nc(C)c2)cc(CC)n1. The van der Waals surface area contributed by atoms with Crippen LogP contribution in [0.1, 0.15) is 36.6 Å². The molecular weight excluding hydrogens is 220 g/mol. The monoisotopic (exact) mass is 240 g/mol. The van der Waals surface area contributed by atoms with Gasteiger partial charge in [0.1, 0.15) is 0 Å². The predicted molar refractivity (Wildman–Crippen MR) is 75.7 cm³/mol. The molecule has 2 heteroatoms. The van der Waals surface area contributed by atoms with Crippen LogP contribution in [-0.2, 0) is 12.8 Å². The van der Waals surface area contributed by atoms with Crippen LogP contribution in [0.5, 0.6) is 0 Å². The first kappa shape index (κ1) is 12.7. The lowest BCUT2D eigenvalue weighted by atomic mass is 10.0. The minimum atomic E-state index is 0.976. The van der Waals surface area contributed by atoms with E-state index in [1.807, 2.05) is 13.8 Å². The molecular formula is C16H20N2. The van der Waals surface area contributed by atoms with E-state index < -0.39 is 0 Å². The first-order valence-electron chi connectivity index (χ1n) is 6.58. The van der Waals surface area contributed by atoms with E-state index in [-0.39, 0.29) is 0 Å². The Morgan fingerprint density at radius 3 is 1.61 bits per heavy atom. The Bertz CT molecular complexity index is 517. The topological polar surface area (TPSA) is 25.8 Å². The molecule has 2 nitrogen and oxygen atoms in total. The van der Waals surface area contributed by atoms with E-state index in [4.69, 9.17) is 0 Å². The van der Waals surface area contributed by atoms with Crippen LogP contribution in [0.2, 0.25) is 0 Å². The highest BCUT2D eigenvalue weighted by Gasteiger charge is 2.05. The molecule has 2 heterocycles. The van der Waals surface area contributed by atoms with Crippen LogP contribution < -0.4 is 0 Å². The van der Waals surface area contributed by atoms with Crippen LogP contribution in [0.15, 0.2) is 24.3 Å². The highest BCUT2D eigenvalue weighted by atomic mass is 14.7. The summed E-state index contributed by atoms with van der Waals surface area (Å²) >= 11 is 0. The van der Waals surface area contributed by atoms with Crippen LogP contribution in [0.25, 0.3) is 11.1 Å². The number of rotatable bonds is 3. The molecule has 94 valence electrons. The maximum Gasteiger partial charge on any atom is 0.0410 e. The number of aromatic nitrogens is 2. The summed E-state index contributed by atoms with van der Waals surface area (Å²) in [6, 6.07) is 8.66. The number of pyridine rings is 2. The molecule has 0 aliphatic heterocycles. The van der Waals surface area contributed by atoms with E-state index in [0.717, 1.165) is 35.6 Å². The average Bonchev–Trinajstić information content (AvgIpc) is 2.37. The Hall–Kier alpha value is -1.70. The van der Waals surface area contributed by atoms with Gasteiger partial charge in [0, 0.05) is 22.8 Å². The molecule has 0 unspecified atom stereocenters. The maximum absolute atomic E-state index is 4.63. The summed E-state index contributed by atoms with van der Waals surface area (Å²) in [5.74, 6) is 0. The lowest BCUT2D eigenvalue weighted by molar-refractivity contribution is 0.956. The van der Waals surface area contributed by atoms with Gasteiger partial charge in [0.2, 0.25) is 0 Å². The molecule has 0 aliphatic rings. The van der Waals surface area contributed by atoms with Crippen molar-refractivity contribution in [2.45, 2.75) is 40.5 Å². The van der Waals surface area contributed by atoms with Gasteiger partial charge < -0.3 is 0 Å². The molecule has 0 aromatic carbocycles. The van der Waals surface area contributed by atoms with Crippen molar-refractivity contribution in [2.24, 2.45) is 0 Å². The Balaban J connectivity index is 2.55. The van der Waals surface area contributed by atoms with Crippen LogP contribution >= 0.6 is 0 Å². The third-order valence-corrected chi connectivity index (χ3v) is 3.07. The summed E-state index contributed by atoms with van der Waals surface area (Å²) in [6.45, 7) is 8.38. The zero-order valence-corrected chi connectivity index (χ0v) is 11.6. The van der Waals surface area contributed by atoms with Gasteiger partial charge in [-0.25, -0.2) is 0 Å². The molecule has 18 heavy (non-hydrogen) atoms. The first-order valence-corrected chi connectivity index (χ1v) is 6.58. The predicted octanol–water partition coefficient (Wildman–Crippen LogP) is 3.89. The fraction of sp³-hybridized carbons (Fsp3) is 0.375. The zero-order valence-electron chi connectivity index (χ0n) is 11.6. The lowest BCUT2D eigenvalue weighted by Gasteiger charge is -2.08. The van der Waals surface area contributed by atoms with Gasteiger partial charge in [-0.2, -0.15) is 0 Å². The smallest absolute Gasteiger partial charge is 0.0410 e. The molecule has 0 aliphatic carbocycles. The van der Waals surface area contributed by atoms with Gasteiger partial charge in [-0.3, -0.25) is 9.97 Å². The van der Waals surface area contributed by atoms with E-state index in [2.05, 4.69) is 48.1 Å². The van der Waals surface area contributed by atoms with E-state index in [9.17, 15) is 0 Å². The largest absolute Gasteiger partial charge is 0.258 e. The standard InChI is InChI=1S/C16H20N2/c1-5-15-9-14(10-16(6-2)18-15)13-7-11(3)17-12(4)8-13/h7-10H,5-6H2,1-4H3. The van der Waals surface area contributed by atoms with Crippen molar-refractivity contribution < 1.29 is 0 Å². The Morgan fingerprint density at radius 2 is 1.17 bits per heavy atom. The Kier molecular flexibility index (Phi) is 3.75. The number of nitrogens with zero attached hydrogens (tertiary/aromatic N) is 2. The minimum absolute atomic E-state index is 0.976. The summed E-state index contributed by atoms with van der Waals surface area (Å²) < 4.78 is 0. The van der Waals surface area contributed by atoms with Crippen molar-refractivity contribution in [1.29, 1.82) is 0 Å². The highest BCUT2D eigenvalue weighted by Crippen LogP contribution is 2.23. The molecule has 0 saturated carbocycles. The fourth-order valence-corrected chi connectivity index (χ4v) is 2.18. The second kappa shape index (κ2) is 5.30. The third-order valence-electron chi connectivity index (χ3n) is 3.07. The van der Waals surface area contributed by atoms with Crippen molar-refractivity contribution >= 4 is 0 Å². The lowest BCUT2D eigenvalue weighted by Crippen LogP contribution is -1.96. The molecule has 0 atom stereocenters. The zero-order chi connectivity index (χ0) is 13.1. The molecule has 0 amide bonds. The first-order chi connectivity index (χ1) is 8.62. The minimum Gasteiger partial charge on any atom is -0.258 e. The molecule has 0 bridgehead atoms. The van der Waals surface area contributed by atoms with E-state index in [0.29, 0.717) is 0 Å². The van der Waals surface area contributed by atoms with Crippen LogP contribution in [0.3, 0.4) is 0 Å². The maximum atomic E-state index is 4.63. The van der Waals surface area contributed by atoms with E-state index >= 15 is 0 Å². The number of hydrogen-bond donors (Lipinski definition) is 0. The summed E-state index contributed by atoms with van der Waals surface area (Å²) in [4.78, 5) is 9.05. The van der Waals surface area contributed by atoms with Crippen LogP contribution in [0.4, 0.5) is 0 Å². The van der Waals surface area contributed by atoms with Gasteiger partial charge in [-0.05, 0) is 62.1 Å². The normalized spacial score (nSPS) is 10.7. The summed E-state index contributed by atoms with van der Waals surface area (Å²) in [5, 5.41) is 0. The summed E-state index contributed by atoms with van der Waals surface area (Å²) in [6.07, 6.45) is 1.95. The van der Waals surface area contributed by atoms with Gasteiger partial charge in [0.05, 0.1) is 0 Å². The Morgan fingerprint density at radius 1 is 0.722 bits per heavy atom. The highest BCUT2D eigenvalue weighted by molar-refractivity contribution is 5.65. The molecule has 0 spiro atoms. The van der Waals surface area contributed by atoms with Gasteiger partial charge in [-0.15, -0.1) is 0 Å². The summed E-state index contributed by atoms with van der Waals surface area (Å²) in [7, 11) is 0. The number of hydrogen-bond acceptors (Lipinski definition) is 2.